The zero-order valence-electron chi connectivity index (χ0n) is 11.1. The first-order valence-electron chi connectivity index (χ1n) is 6.61. The normalized spacial score (nSPS) is 31.3. The number of fused-ring (bicyclic) bond motifs is 2. The van der Waals surface area contributed by atoms with Crippen LogP contribution < -0.4 is 0 Å². The van der Waals surface area contributed by atoms with Crippen LogP contribution in [0.15, 0.2) is 0 Å². The fourth-order valence-corrected chi connectivity index (χ4v) is 3.56. The number of nitrogens with zero attached hydrogens (tertiary/aromatic N) is 2. The number of carbonyl (C=O) groups excluding carboxylic acids is 1. The van der Waals surface area contributed by atoms with Crippen molar-refractivity contribution in [2.24, 2.45) is 23.2 Å². The molecule has 3 heteroatoms. The molecular weight excluding hydrogens is 212 g/mol. The van der Waals surface area contributed by atoms with Gasteiger partial charge >= 0.3 is 0 Å². The molecule has 2 saturated carbocycles. The quantitative estimate of drug-likeness (QED) is 0.752. The third kappa shape index (κ3) is 2.31. The van der Waals surface area contributed by atoms with E-state index >= 15 is 0 Å². The molecule has 2 aliphatic rings. The zero-order chi connectivity index (χ0) is 12.6. The Labute approximate surface area is 104 Å². The highest BCUT2D eigenvalue weighted by Crippen LogP contribution is 2.48. The van der Waals surface area contributed by atoms with E-state index in [1.165, 1.54) is 25.7 Å². The van der Waals surface area contributed by atoms with Gasteiger partial charge < -0.3 is 4.90 Å². The lowest BCUT2D eigenvalue weighted by Crippen LogP contribution is -2.41. The molecule has 0 radical (unpaired) electrons. The van der Waals surface area contributed by atoms with Gasteiger partial charge in [0.05, 0.1) is 6.07 Å². The van der Waals surface area contributed by atoms with Crippen molar-refractivity contribution in [3.8, 4) is 6.07 Å². The number of hydrogen-bond donors (Lipinski definition) is 0. The fraction of sp³-hybridized carbons (Fsp3) is 0.857. The summed E-state index contributed by atoms with van der Waals surface area (Å²) < 4.78 is 0. The molecular formula is C14H22N2O. The molecule has 94 valence electrons. The molecule has 3 unspecified atom stereocenters. The average molecular weight is 234 g/mol. The Morgan fingerprint density at radius 2 is 2.12 bits per heavy atom. The van der Waals surface area contributed by atoms with E-state index in [0.29, 0.717) is 5.92 Å². The summed E-state index contributed by atoms with van der Waals surface area (Å²) in [6, 6.07) is 2.09. The van der Waals surface area contributed by atoms with Crippen LogP contribution >= 0.6 is 0 Å². The highest BCUT2D eigenvalue weighted by molar-refractivity contribution is 5.84. The van der Waals surface area contributed by atoms with Gasteiger partial charge in [-0.1, -0.05) is 6.42 Å². The van der Waals surface area contributed by atoms with Crippen LogP contribution in [0.25, 0.3) is 0 Å². The SMILES string of the molecule is CN(CC1CC2CCC1C2)C(=O)C(C)(C)C#N. The third-order valence-electron chi connectivity index (χ3n) is 4.55. The first-order chi connectivity index (χ1) is 7.94. The molecule has 0 heterocycles. The molecule has 17 heavy (non-hydrogen) atoms. The van der Waals surface area contributed by atoms with Crippen molar-refractivity contribution in [3.63, 3.8) is 0 Å². The predicted molar refractivity (Wildman–Crippen MR) is 66.0 cm³/mol. The molecule has 3 atom stereocenters. The van der Waals surface area contributed by atoms with Crippen LogP contribution in [0.2, 0.25) is 0 Å². The Morgan fingerprint density at radius 3 is 2.59 bits per heavy atom. The van der Waals surface area contributed by atoms with Gasteiger partial charge in [-0.3, -0.25) is 4.79 Å². The summed E-state index contributed by atoms with van der Waals surface area (Å²) in [6.45, 7) is 4.24. The summed E-state index contributed by atoms with van der Waals surface area (Å²) in [4.78, 5) is 13.9. The van der Waals surface area contributed by atoms with E-state index in [4.69, 9.17) is 5.26 Å². The van der Waals surface area contributed by atoms with E-state index in [9.17, 15) is 4.79 Å². The lowest BCUT2D eigenvalue weighted by molar-refractivity contribution is -0.137. The summed E-state index contributed by atoms with van der Waals surface area (Å²) in [6.07, 6.45) is 5.39. The second-order valence-corrected chi connectivity index (χ2v) is 6.36. The lowest BCUT2D eigenvalue weighted by atomic mass is 9.87. The predicted octanol–water partition coefficient (Wildman–Crippen LogP) is 2.43. The molecule has 0 aromatic rings. The van der Waals surface area contributed by atoms with Crippen molar-refractivity contribution in [2.75, 3.05) is 13.6 Å². The van der Waals surface area contributed by atoms with E-state index in [1.807, 2.05) is 7.05 Å². The molecule has 2 rings (SSSR count). The van der Waals surface area contributed by atoms with Gasteiger partial charge in [-0.05, 0) is 50.9 Å². The number of hydrogen-bond acceptors (Lipinski definition) is 2. The van der Waals surface area contributed by atoms with Gasteiger partial charge in [0.25, 0.3) is 0 Å². The number of rotatable bonds is 3. The van der Waals surface area contributed by atoms with Gasteiger partial charge in [0.2, 0.25) is 5.91 Å². The van der Waals surface area contributed by atoms with Crippen LogP contribution in [0.4, 0.5) is 0 Å². The molecule has 1 amide bonds. The largest absolute Gasteiger partial charge is 0.344 e. The van der Waals surface area contributed by atoms with E-state index in [-0.39, 0.29) is 5.91 Å². The molecule has 2 fully saturated rings. The molecule has 0 aromatic heterocycles. The monoisotopic (exact) mass is 234 g/mol. The molecule has 0 aromatic carbocycles. The summed E-state index contributed by atoms with van der Waals surface area (Å²) in [7, 11) is 1.84. The molecule has 0 spiro atoms. The van der Waals surface area contributed by atoms with E-state index in [0.717, 1.165) is 18.4 Å². The van der Waals surface area contributed by atoms with Crippen LogP contribution in [0.1, 0.15) is 39.5 Å². The molecule has 3 nitrogen and oxygen atoms in total. The second kappa shape index (κ2) is 4.33. The maximum Gasteiger partial charge on any atom is 0.242 e. The van der Waals surface area contributed by atoms with Crippen LogP contribution in [0.3, 0.4) is 0 Å². The first-order valence-corrected chi connectivity index (χ1v) is 6.61. The minimum absolute atomic E-state index is 0.0391. The molecule has 2 bridgehead atoms. The standard InChI is InChI=1S/C14H22N2O/c1-14(2,9-15)13(17)16(3)8-12-7-10-4-5-11(12)6-10/h10-12H,4-8H2,1-3H3. The zero-order valence-corrected chi connectivity index (χ0v) is 11.1. The van der Waals surface area contributed by atoms with Gasteiger partial charge in [-0.2, -0.15) is 5.26 Å². The Balaban J connectivity index is 1.92. The summed E-state index contributed by atoms with van der Waals surface area (Å²) in [5.41, 5.74) is -0.883. The summed E-state index contributed by atoms with van der Waals surface area (Å²) in [5.74, 6) is 2.39. The van der Waals surface area contributed by atoms with Gasteiger partial charge in [-0.15, -0.1) is 0 Å². The smallest absolute Gasteiger partial charge is 0.242 e. The number of amides is 1. The van der Waals surface area contributed by atoms with E-state index < -0.39 is 5.41 Å². The average Bonchev–Trinajstić information content (AvgIpc) is 2.89. The van der Waals surface area contributed by atoms with Gasteiger partial charge in [-0.25, -0.2) is 0 Å². The fourth-order valence-electron chi connectivity index (χ4n) is 3.56. The van der Waals surface area contributed by atoms with Crippen molar-refractivity contribution in [1.29, 1.82) is 5.26 Å². The van der Waals surface area contributed by atoms with Crippen molar-refractivity contribution >= 4 is 5.91 Å². The van der Waals surface area contributed by atoms with Crippen LogP contribution in [0.5, 0.6) is 0 Å². The van der Waals surface area contributed by atoms with Crippen LogP contribution in [-0.4, -0.2) is 24.4 Å². The second-order valence-electron chi connectivity index (χ2n) is 6.36. The maximum atomic E-state index is 12.1. The van der Waals surface area contributed by atoms with Gasteiger partial charge in [0.15, 0.2) is 0 Å². The number of carbonyl (C=O) groups is 1. The molecule has 0 saturated heterocycles. The summed E-state index contributed by atoms with van der Waals surface area (Å²) >= 11 is 0. The Kier molecular flexibility index (Phi) is 3.16. The number of nitriles is 1. The van der Waals surface area contributed by atoms with Crippen LogP contribution in [-0.2, 0) is 4.79 Å². The highest BCUT2D eigenvalue weighted by atomic mass is 16.2. The minimum atomic E-state index is -0.883. The first kappa shape index (κ1) is 12.4. The molecule has 0 N–H and O–H groups in total. The van der Waals surface area contributed by atoms with Crippen molar-refractivity contribution in [1.82, 2.24) is 4.90 Å². The van der Waals surface area contributed by atoms with Crippen molar-refractivity contribution < 1.29 is 4.79 Å². The summed E-state index contributed by atoms with van der Waals surface area (Å²) in [5, 5.41) is 8.98. The van der Waals surface area contributed by atoms with Crippen molar-refractivity contribution in [2.45, 2.75) is 39.5 Å². The third-order valence-corrected chi connectivity index (χ3v) is 4.55. The van der Waals surface area contributed by atoms with Gasteiger partial charge in [0.1, 0.15) is 5.41 Å². The Morgan fingerprint density at radius 1 is 1.41 bits per heavy atom. The van der Waals surface area contributed by atoms with Gasteiger partial charge in [0, 0.05) is 13.6 Å². The highest BCUT2D eigenvalue weighted by Gasteiger charge is 2.41. The molecule has 2 aliphatic carbocycles. The van der Waals surface area contributed by atoms with Crippen LogP contribution in [0, 0.1) is 34.5 Å². The Bertz CT molecular complexity index is 356. The topological polar surface area (TPSA) is 44.1 Å². The van der Waals surface area contributed by atoms with E-state index in [2.05, 4.69) is 6.07 Å². The molecule has 0 aliphatic heterocycles. The maximum absolute atomic E-state index is 12.1. The lowest BCUT2D eigenvalue weighted by Gasteiger charge is -2.30. The van der Waals surface area contributed by atoms with Crippen molar-refractivity contribution in [3.05, 3.63) is 0 Å². The Hall–Kier alpha value is -1.04. The minimum Gasteiger partial charge on any atom is -0.344 e. The van der Waals surface area contributed by atoms with E-state index in [1.54, 1.807) is 18.7 Å².